The van der Waals surface area contributed by atoms with E-state index in [1.165, 1.54) is 14.2 Å². The van der Waals surface area contributed by atoms with E-state index in [-0.39, 0.29) is 29.9 Å². The minimum Gasteiger partial charge on any atom is -0.494 e. The molecule has 6 rings (SSSR count). The smallest absolute Gasteiger partial charge is 0.339 e. The molecule has 3 aromatic carbocycles. The van der Waals surface area contributed by atoms with Crippen molar-refractivity contribution < 1.29 is 38.4 Å². The molecule has 0 fully saturated rings. The molecule has 0 aliphatic carbocycles. The second-order valence-corrected chi connectivity index (χ2v) is 10.8. The Hall–Kier alpha value is -4.28. The lowest BCUT2D eigenvalue weighted by atomic mass is 9.87. The van der Waals surface area contributed by atoms with E-state index >= 15 is 0 Å². The first kappa shape index (κ1) is 31.2. The second kappa shape index (κ2) is 14.5. The predicted molar refractivity (Wildman–Crippen MR) is 164 cm³/mol. The number of carbonyl (C=O) groups is 2. The van der Waals surface area contributed by atoms with E-state index in [0.717, 1.165) is 28.2 Å². The minimum absolute atomic E-state index is 0.0378. The van der Waals surface area contributed by atoms with Crippen LogP contribution in [0.15, 0.2) is 54.6 Å². The lowest BCUT2D eigenvalue weighted by molar-refractivity contribution is -0.138. The number of rotatable bonds is 8. The van der Waals surface area contributed by atoms with E-state index in [0.29, 0.717) is 70.2 Å². The van der Waals surface area contributed by atoms with Gasteiger partial charge in [0.15, 0.2) is 11.5 Å². The number of methoxy groups -OCH3 is 2. The fraction of sp³-hybridized carbons (Fsp3) is 0.412. The maximum Gasteiger partial charge on any atom is 0.339 e. The van der Waals surface area contributed by atoms with Crippen LogP contribution in [0.25, 0.3) is 0 Å². The van der Waals surface area contributed by atoms with Crippen LogP contribution < -0.4 is 18.9 Å². The zero-order valence-corrected chi connectivity index (χ0v) is 25.5. The van der Waals surface area contributed by atoms with Gasteiger partial charge in [-0.1, -0.05) is 24.3 Å². The normalized spacial score (nSPS) is 17.0. The third kappa shape index (κ3) is 6.92. The van der Waals surface area contributed by atoms with Gasteiger partial charge in [0.1, 0.15) is 30.3 Å². The fourth-order valence-electron chi connectivity index (χ4n) is 5.98. The molecular weight excluding hydrogens is 564 g/mol. The maximum atomic E-state index is 13.2. The Kier molecular flexibility index (Phi) is 10.2. The molecule has 1 atom stereocenters. The van der Waals surface area contributed by atoms with Gasteiger partial charge in [-0.2, -0.15) is 0 Å². The van der Waals surface area contributed by atoms with Crippen LogP contribution in [0.2, 0.25) is 0 Å². The summed E-state index contributed by atoms with van der Waals surface area (Å²) in [6.07, 6.45) is 1.42. The molecule has 0 saturated heterocycles. The third-order valence-corrected chi connectivity index (χ3v) is 8.07. The Morgan fingerprint density at radius 2 is 1.77 bits per heavy atom. The van der Waals surface area contributed by atoms with Crippen molar-refractivity contribution in [3.05, 3.63) is 82.4 Å². The van der Waals surface area contributed by atoms with Gasteiger partial charge in [0.25, 0.3) is 0 Å². The van der Waals surface area contributed by atoms with Crippen LogP contribution >= 0.6 is 0 Å². The van der Waals surface area contributed by atoms with Gasteiger partial charge >= 0.3 is 5.97 Å². The fourth-order valence-corrected chi connectivity index (χ4v) is 5.98. The number of benzene rings is 3. The molecule has 0 radical (unpaired) electrons. The van der Waals surface area contributed by atoms with Crippen LogP contribution in [0.4, 0.5) is 0 Å². The van der Waals surface area contributed by atoms with Gasteiger partial charge in [-0.3, -0.25) is 9.69 Å². The van der Waals surface area contributed by atoms with Crippen molar-refractivity contribution in [2.24, 2.45) is 0 Å². The van der Waals surface area contributed by atoms with Gasteiger partial charge in [-0.25, -0.2) is 4.79 Å². The zero-order chi connectivity index (χ0) is 31.1. The van der Waals surface area contributed by atoms with Crippen LogP contribution in [0, 0.1) is 0 Å². The monoisotopic (exact) mass is 604 g/mol. The van der Waals surface area contributed by atoms with Crippen LogP contribution in [0.3, 0.4) is 0 Å². The van der Waals surface area contributed by atoms with E-state index < -0.39 is 5.97 Å². The molecule has 3 heterocycles. The molecule has 3 aliphatic rings. The van der Waals surface area contributed by atoms with Gasteiger partial charge in [0, 0.05) is 32.8 Å². The molecule has 3 aromatic rings. The first-order chi connectivity index (χ1) is 21.4. The Labute approximate surface area is 258 Å². The number of nitrogens with zero attached hydrogens (tertiary/aromatic N) is 2. The van der Waals surface area contributed by atoms with Crippen molar-refractivity contribution in [3.8, 4) is 23.0 Å². The lowest BCUT2D eigenvalue weighted by Gasteiger charge is -2.38. The highest BCUT2D eigenvalue weighted by Gasteiger charge is 2.32. The van der Waals surface area contributed by atoms with Crippen molar-refractivity contribution in [2.75, 3.05) is 60.3 Å². The Morgan fingerprint density at radius 1 is 0.955 bits per heavy atom. The number of ether oxygens (including phenoxy) is 5. The quantitative estimate of drug-likeness (QED) is 0.396. The topological polar surface area (TPSA) is 107 Å². The molecule has 0 spiro atoms. The van der Waals surface area contributed by atoms with Gasteiger partial charge in [-0.15, -0.1) is 0 Å². The summed E-state index contributed by atoms with van der Waals surface area (Å²) >= 11 is 0. The third-order valence-electron chi connectivity index (χ3n) is 8.07. The minimum atomic E-state index is -1.07. The standard InChI is InChI=1S/C34H40N2O8/c1-4-42-22-30(37)36-15-13-23-19-27-10-11-28(23)32(36)24-7-5-8-26(20-24)43-17-6-14-35(16-18-44-27)21-25-9-12-29(40-2)33(41-3)31(25)34(38)39/h5,7-12,19-20,32H,4,6,13-18,21-22H2,1-3H3,(H,38,39). The number of carboxylic acid groups (broad SMARTS) is 1. The average Bonchev–Trinajstić information content (AvgIpc) is 3.04. The molecule has 3 aliphatic heterocycles. The summed E-state index contributed by atoms with van der Waals surface area (Å²) in [4.78, 5) is 29.5. The molecule has 234 valence electrons. The van der Waals surface area contributed by atoms with Gasteiger partial charge in [-0.05, 0) is 72.4 Å². The summed E-state index contributed by atoms with van der Waals surface area (Å²) < 4.78 is 28.6. The number of carbonyl (C=O) groups excluding carboxylic acids is 1. The SMILES string of the molecule is CCOCC(=O)N1CCc2cc3ccc2C1c1cccc(c1)OCCCN(Cc1ccc(OC)c(OC)c1C(=O)O)CCO3. The average molecular weight is 605 g/mol. The summed E-state index contributed by atoms with van der Waals surface area (Å²) in [6, 6.07) is 17.3. The highest BCUT2D eigenvalue weighted by molar-refractivity contribution is 5.94. The summed E-state index contributed by atoms with van der Waals surface area (Å²) in [5.41, 5.74) is 3.89. The first-order valence-corrected chi connectivity index (χ1v) is 15.0. The number of amides is 1. The highest BCUT2D eigenvalue weighted by atomic mass is 16.5. The molecule has 1 amide bonds. The molecule has 10 heteroatoms. The predicted octanol–water partition coefficient (Wildman–Crippen LogP) is 4.58. The van der Waals surface area contributed by atoms with Crippen molar-refractivity contribution in [2.45, 2.75) is 32.4 Å². The Balaban J connectivity index is 1.43. The van der Waals surface area contributed by atoms with Gasteiger partial charge in [0.05, 0.1) is 26.9 Å². The van der Waals surface area contributed by atoms with Crippen molar-refractivity contribution in [1.82, 2.24) is 9.80 Å². The van der Waals surface area contributed by atoms with Gasteiger partial charge < -0.3 is 33.7 Å². The summed E-state index contributed by atoms with van der Waals surface area (Å²) in [5.74, 6) is 0.963. The zero-order valence-electron chi connectivity index (χ0n) is 25.5. The molecule has 6 bridgehead atoms. The first-order valence-electron chi connectivity index (χ1n) is 15.0. The molecule has 1 unspecified atom stereocenters. The second-order valence-electron chi connectivity index (χ2n) is 10.8. The van der Waals surface area contributed by atoms with Crippen molar-refractivity contribution in [3.63, 3.8) is 0 Å². The summed E-state index contributed by atoms with van der Waals surface area (Å²) in [7, 11) is 2.93. The van der Waals surface area contributed by atoms with Crippen LogP contribution in [0.5, 0.6) is 23.0 Å². The van der Waals surface area contributed by atoms with E-state index in [2.05, 4.69) is 17.0 Å². The van der Waals surface area contributed by atoms with E-state index in [9.17, 15) is 14.7 Å². The number of hydrogen-bond acceptors (Lipinski definition) is 8. The van der Waals surface area contributed by atoms with Crippen LogP contribution in [0.1, 0.15) is 52.0 Å². The number of carboxylic acids is 1. The largest absolute Gasteiger partial charge is 0.494 e. The van der Waals surface area contributed by atoms with E-state index in [1.54, 1.807) is 12.1 Å². The maximum absolute atomic E-state index is 13.2. The Bertz CT molecular complexity index is 1480. The molecule has 10 nitrogen and oxygen atoms in total. The molecule has 44 heavy (non-hydrogen) atoms. The summed E-state index contributed by atoms with van der Waals surface area (Å²) in [5, 5.41) is 10.0. The number of aromatic carboxylic acids is 1. The van der Waals surface area contributed by atoms with E-state index in [1.807, 2.05) is 42.2 Å². The molecular formula is C34H40N2O8. The summed E-state index contributed by atoms with van der Waals surface area (Å²) in [6.45, 7) is 5.49. The number of hydrogen-bond donors (Lipinski definition) is 1. The Morgan fingerprint density at radius 3 is 2.55 bits per heavy atom. The molecule has 0 saturated carbocycles. The van der Waals surface area contributed by atoms with Crippen molar-refractivity contribution >= 4 is 11.9 Å². The van der Waals surface area contributed by atoms with Crippen LogP contribution in [-0.4, -0.2) is 87.1 Å². The lowest BCUT2D eigenvalue weighted by Crippen LogP contribution is -2.42. The van der Waals surface area contributed by atoms with Crippen LogP contribution in [-0.2, 0) is 22.5 Å². The number of fused-ring (bicyclic) bond motifs is 8. The molecule has 0 aromatic heterocycles. The molecule has 1 N–H and O–H groups in total. The van der Waals surface area contributed by atoms with Gasteiger partial charge in [0.2, 0.25) is 5.91 Å². The highest BCUT2D eigenvalue weighted by Crippen LogP contribution is 2.38. The van der Waals surface area contributed by atoms with E-state index in [4.69, 9.17) is 23.7 Å². The van der Waals surface area contributed by atoms with Crippen molar-refractivity contribution in [1.29, 1.82) is 0 Å².